The van der Waals surface area contributed by atoms with Crippen molar-refractivity contribution in [3.63, 3.8) is 0 Å². The first kappa shape index (κ1) is 14.4. The first-order valence-electron chi connectivity index (χ1n) is 5.84. The maximum atomic E-state index is 12.2. The zero-order valence-electron chi connectivity index (χ0n) is 10.8. The first-order chi connectivity index (χ1) is 9.52. The summed E-state index contributed by atoms with van der Waals surface area (Å²) in [5.74, 6) is 0.194. The minimum Gasteiger partial charge on any atom is -0.311 e. The molecular formula is C13H11ClN4OS. The molecule has 0 saturated carbocycles. The van der Waals surface area contributed by atoms with Gasteiger partial charge in [-0.1, -0.05) is 25.4 Å². The number of carbonyl (C=O) groups excluding carboxylic acids is 1. The normalized spacial score (nSPS) is 10.3. The summed E-state index contributed by atoms with van der Waals surface area (Å²) < 4.78 is 0. The number of nitrogens with zero attached hydrogens (tertiary/aromatic N) is 3. The minimum atomic E-state index is -0.446. The Morgan fingerprint density at radius 3 is 2.95 bits per heavy atom. The molecule has 0 atom stereocenters. The zero-order chi connectivity index (χ0) is 14.7. The molecule has 1 amide bonds. The molecule has 1 N–H and O–H groups in total. The van der Waals surface area contributed by atoms with Crippen LogP contribution in [-0.4, -0.2) is 15.9 Å². The van der Waals surface area contributed by atoms with Gasteiger partial charge in [-0.05, 0) is 11.4 Å². The van der Waals surface area contributed by atoms with Crippen molar-refractivity contribution in [1.82, 2.24) is 9.97 Å². The number of aromatic nitrogens is 2. The van der Waals surface area contributed by atoms with Gasteiger partial charge >= 0.3 is 0 Å². The maximum absolute atomic E-state index is 12.2. The second kappa shape index (κ2) is 5.99. The largest absolute Gasteiger partial charge is 0.311 e. The van der Waals surface area contributed by atoms with Crippen molar-refractivity contribution in [2.24, 2.45) is 0 Å². The number of rotatable bonds is 3. The molecule has 5 nitrogen and oxygen atoms in total. The number of anilines is 1. The third-order valence-electron chi connectivity index (χ3n) is 2.51. The van der Waals surface area contributed by atoms with Gasteiger partial charge in [-0.25, -0.2) is 9.97 Å². The van der Waals surface area contributed by atoms with Crippen LogP contribution < -0.4 is 5.32 Å². The molecule has 0 fully saturated rings. The quantitative estimate of drug-likeness (QED) is 0.942. The van der Waals surface area contributed by atoms with E-state index in [0.717, 1.165) is 0 Å². The molecule has 2 aromatic rings. The molecule has 0 saturated heterocycles. The van der Waals surface area contributed by atoms with Crippen molar-refractivity contribution in [3.8, 4) is 6.07 Å². The van der Waals surface area contributed by atoms with Crippen LogP contribution in [0.4, 0.5) is 5.00 Å². The summed E-state index contributed by atoms with van der Waals surface area (Å²) in [6, 6.07) is 3.65. The molecule has 2 heterocycles. The first-order valence-corrected chi connectivity index (χ1v) is 7.10. The SMILES string of the molecule is CC(C)c1ncc(Cl)c(C(=O)Nc2sccc2C#N)n1. The van der Waals surface area contributed by atoms with Crippen LogP contribution in [0.3, 0.4) is 0 Å². The van der Waals surface area contributed by atoms with Gasteiger partial charge in [-0.3, -0.25) is 4.79 Å². The van der Waals surface area contributed by atoms with Crippen molar-refractivity contribution < 1.29 is 4.79 Å². The summed E-state index contributed by atoms with van der Waals surface area (Å²) in [5, 5.41) is 14.0. The lowest BCUT2D eigenvalue weighted by molar-refractivity contribution is 0.102. The second-order valence-corrected chi connectivity index (χ2v) is 5.63. The zero-order valence-corrected chi connectivity index (χ0v) is 12.4. The number of amides is 1. The summed E-state index contributed by atoms with van der Waals surface area (Å²) in [7, 11) is 0. The lowest BCUT2D eigenvalue weighted by atomic mass is 10.2. The number of nitriles is 1. The van der Waals surface area contributed by atoms with Gasteiger partial charge in [0, 0.05) is 5.92 Å². The number of halogens is 1. The Morgan fingerprint density at radius 2 is 2.30 bits per heavy atom. The van der Waals surface area contributed by atoms with Crippen LogP contribution in [0, 0.1) is 11.3 Å². The molecule has 0 aliphatic heterocycles. The van der Waals surface area contributed by atoms with Crippen LogP contribution in [0.15, 0.2) is 17.6 Å². The van der Waals surface area contributed by atoms with E-state index >= 15 is 0 Å². The van der Waals surface area contributed by atoms with Crippen LogP contribution in [0.2, 0.25) is 5.02 Å². The number of thiophene rings is 1. The number of hydrogen-bond acceptors (Lipinski definition) is 5. The van der Waals surface area contributed by atoms with Gasteiger partial charge in [0.2, 0.25) is 0 Å². The van der Waals surface area contributed by atoms with Crippen LogP contribution in [-0.2, 0) is 0 Å². The van der Waals surface area contributed by atoms with E-state index in [2.05, 4.69) is 15.3 Å². The minimum absolute atomic E-state index is 0.0928. The maximum Gasteiger partial charge on any atom is 0.276 e. The summed E-state index contributed by atoms with van der Waals surface area (Å²) in [5.41, 5.74) is 0.528. The Hall–Kier alpha value is -1.97. The van der Waals surface area contributed by atoms with Gasteiger partial charge in [0.1, 0.15) is 16.9 Å². The topological polar surface area (TPSA) is 78.7 Å². The Balaban J connectivity index is 2.30. The smallest absolute Gasteiger partial charge is 0.276 e. The highest BCUT2D eigenvalue weighted by molar-refractivity contribution is 7.14. The van der Waals surface area contributed by atoms with E-state index in [-0.39, 0.29) is 16.6 Å². The lowest BCUT2D eigenvalue weighted by Crippen LogP contribution is -2.16. The molecule has 0 spiro atoms. The van der Waals surface area contributed by atoms with E-state index < -0.39 is 5.91 Å². The molecule has 0 radical (unpaired) electrons. The standard InChI is InChI=1S/C13H11ClN4OS/c1-7(2)11-16-6-9(14)10(17-11)12(19)18-13-8(5-15)3-4-20-13/h3-4,6-7H,1-2H3,(H,18,19). The van der Waals surface area contributed by atoms with Gasteiger partial charge < -0.3 is 5.32 Å². The van der Waals surface area contributed by atoms with E-state index in [0.29, 0.717) is 16.4 Å². The highest BCUT2D eigenvalue weighted by atomic mass is 35.5. The fraction of sp³-hybridized carbons (Fsp3) is 0.231. The fourth-order valence-electron chi connectivity index (χ4n) is 1.47. The van der Waals surface area contributed by atoms with E-state index in [1.165, 1.54) is 17.5 Å². The fourth-order valence-corrected chi connectivity index (χ4v) is 2.38. The highest BCUT2D eigenvalue weighted by Gasteiger charge is 2.17. The third-order valence-corrected chi connectivity index (χ3v) is 3.61. The lowest BCUT2D eigenvalue weighted by Gasteiger charge is -2.08. The van der Waals surface area contributed by atoms with E-state index in [9.17, 15) is 4.79 Å². The molecule has 102 valence electrons. The molecule has 0 aliphatic rings. The van der Waals surface area contributed by atoms with E-state index in [1.54, 1.807) is 11.4 Å². The predicted molar refractivity (Wildman–Crippen MR) is 78.1 cm³/mol. The predicted octanol–water partition coefficient (Wildman–Crippen LogP) is 3.44. The van der Waals surface area contributed by atoms with Crippen molar-refractivity contribution >= 4 is 33.8 Å². The van der Waals surface area contributed by atoms with Crippen molar-refractivity contribution in [3.05, 3.63) is 39.7 Å². The van der Waals surface area contributed by atoms with Gasteiger partial charge in [0.25, 0.3) is 5.91 Å². The van der Waals surface area contributed by atoms with Gasteiger partial charge in [0.15, 0.2) is 5.69 Å². The van der Waals surface area contributed by atoms with Crippen LogP contribution >= 0.6 is 22.9 Å². The van der Waals surface area contributed by atoms with E-state index in [4.69, 9.17) is 16.9 Å². The van der Waals surface area contributed by atoms with Crippen molar-refractivity contribution in [2.75, 3.05) is 5.32 Å². The summed E-state index contributed by atoms with van der Waals surface area (Å²) in [6.07, 6.45) is 1.42. The van der Waals surface area contributed by atoms with Crippen molar-refractivity contribution in [2.45, 2.75) is 19.8 Å². The summed E-state index contributed by atoms with van der Waals surface area (Å²) in [4.78, 5) is 20.4. The van der Waals surface area contributed by atoms with Crippen LogP contribution in [0.1, 0.15) is 41.6 Å². The van der Waals surface area contributed by atoms with Gasteiger partial charge in [-0.2, -0.15) is 5.26 Å². The molecule has 2 aromatic heterocycles. The van der Waals surface area contributed by atoms with E-state index in [1.807, 2.05) is 19.9 Å². The molecule has 7 heteroatoms. The molecule has 0 bridgehead atoms. The average molecular weight is 307 g/mol. The van der Waals surface area contributed by atoms with Crippen LogP contribution in [0.25, 0.3) is 0 Å². The monoisotopic (exact) mass is 306 g/mol. The Labute approximate surface area is 125 Å². The number of nitrogens with one attached hydrogen (secondary N) is 1. The number of hydrogen-bond donors (Lipinski definition) is 1. The summed E-state index contributed by atoms with van der Waals surface area (Å²) >= 11 is 7.23. The van der Waals surface area contributed by atoms with Crippen LogP contribution in [0.5, 0.6) is 0 Å². The molecule has 2 rings (SSSR count). The molecule has 20 heavy (non-hydrogen) atoms. The third kappa shape index (κ3) is 2.95. The molecular weight excluding hydrogens is 296 g/mol. The Morgan fingerprint density at radius 1 is 1.55 bits per heavy atom. The van der Waals surface area contributed by atoms with Crippen molar-refractivity contribution in [1.29, 1.82) is 5.26 Å². The summed E-state index contributed by atoms with van der Waals surface area (Å²) in [6.45, 7) is 3.86. The number of carbonyl (C=O) groups is 1. The molecule has 0 aromatic carbocycles. The van der Waals surface area contributed by atoms with Gasteiger partial charge in [-0.15, -0.1) is 11.3 Å². The molecule has 0 unspecified atom stereocenters. The molecule has 0 aliphatic carbocycles. The highest BCUT2D eigenvalue weighted by Crippen LogP contribution is 2.24. The Bertz CT molecular complexity index is 690. The second-order valence-electron chi connectivity index (χ2n) is 4.31. The Kier molecular flexibility index (Phi) is 4.32. The average Bonchev–Trinajstić information content (AvgIpc) is 2.86. The van der Waals surface area contributed by atoms with Gasteiger partial charge in [0.05, 0.1) is 16.8 Å².